The predicted molar refractivity (Wildman–Crippen MR) is 102 cm³/mol. The summed E-state index contributed by atoms with van der Waals surface area (Å²) in [5.74, 6) is -0.193. The first-order valence-electron chi connectivity index (χ1n) is 9.49. The minimum Gasteiger partial charge on any atom is -0.336 e. The molecule has 11 nitrogen and oxygen atoms in total. The average Bonchev–Trinajstić information content (AvgIpc) is 3.24. The number of hydrogen-bond donors (Lipinski definition) is 1. The number of piperazine rings is 1. The number of benzene rings is 1. The molecule has 3 heterocycles. The standard InChI is InChI=1S/C18H21N7O4/c26-17-10-19-6-8-23(17)15-5-2-7-22(11-15)18(27)16-12-24(21-20-16)13-3-1-4-14(9-13)25(28)29/h1,3-4,9,12,15,19H,2,5-8,10-11H2. The van der Waals surface area contributed by atoms with Crippen molar-refractivity contribution in [3.63, 3.8) is 0 Å². The summed E-state index contributed by atoms with van der Waals surface area (Å²) in [6.45, 7) is 2.80. The van der Waals surface area contributed by atoms with Crippen LogP contribution in [0, 0.1) is 10.1 Å². The van der Waals surface area contributed by atoms with Crippen LogP contribution in [0.1, 0.15) is 23.3 Å². The summed E-state index contributed by atoms with van der Waals surface area (Å²) in [4.78, 5) is 39.1. The molecule has 2 amide bonds. The molecule has 2 aromatic rings. The van der Waals surface area contributed by atoms with E-state index in [2.05, 4.69) is 15.6 Å². The third kappa shape index (κ3) is 3.94. The maximum absolute atomic E-state index is 12.9. The molecular formula is C18H21N7O4. The molecule has 0 saturated carbocycles. The van der Waals surface area contributed by atoms with Gasteiger partial charge in [-0.05, 0) is 18.9 Å². The van der Waals surface area contributed by atoms with Crippen LogP contribution in [0.2, 0.25) is 0 Å². The zero-order chi connectivity index (χ0) is 20.4. The van der Waals surface area contributed by atoms with Crippen molar-refractivity contribution in [2.45, 2.75) is 18.9 Å². The summed E-state index contributed by atoms with van der Waals surface area (Å²) < 4.78 is 1.35. The number of rotatable bonds is 4. The van der Waals surface area contributed by atoms with Crippen LogP contribution >= 0.6 is 0 Å². The van der Waals surface area contributed by atoms with Gasteiger partial charge in [-0.1, -0.05) is 11.3 Å². The molecule has 0 radical (unpaired) electrons. The van der Waals surface area contributed by atoms with Crippen LogP contribution in [0.25, 0.3) is 5.69 Å². The summed E-state index contributed by atoms with van der Waals surface area (Å²) in [5, 5.41) is 21.9. The minimum atomic E-state index is -0.488. The van der Waals surface area contributed by atoms with Crippen molar-refractivity contribution in [3.05, 3.63) is 46.3 Å². The van der Waals surface area contributed by atoms with Gasteiger partial charge < -0.3 is 15.1 Å². The lowest BCUT2D eigenvalue weighted by Gasteiger charge is -2.40. The van der Waals surface area contributed by atoms with Gasteiger partial charge in [-0.15, -0.1) is 5.10 Å². The second-order valence-corrected chi connectivity index (χ2v) is 7.14. The highest BCUT2D eigenvalue weighted by Gasteiger charge is 2.32. The number of nitro groups is 1. The molecule has 0 aliphatic carbocycles. The molecule has 2 aliphatic rings. The summed E-state index contributed by atoms with van der Waals surface area (Å²) in [6.07, 6.45) is 3.16. The molecule has 2 saturated heterocycles. The fourth-order valence-corrected chi connectivity index (χ4v) is 3.80. The fraction of sp³-hybridized carbons (Fsp3) is 0.444. The second-order valence-electron chi connectivity index (χ2n) is 7.14. The van der Waals surface area contributed by atoms with Gasteiger partial charge in [0.2, 0.25) is 5.91 Å². The highest BCUT2D eigenvalue weighted by molar-refractivity contribution is 5.92. The number of hydrogen-bond acceptors (Lipinski definition) is 7. The Hall–Kier alpha value is -3.34. The Morgan fingerprint density at radius 3 is 2.97 bits per heavy atom. The van der Waals surface area contributed by atoms with E-state index < -0.39 is 4.92 Å². The number of nitrogens with one attached hydrogen (secondary N) is 1. The monoisotopic (exact) mass is 399 g/mol. The van der Waals surface area contributed by atoms with Gasteiger partial charge in [0.05, 0.1) is 23.4 Å². The lowest BCUT2D eigenvalue weighted by Crippen LogP contribution is -2.57. The van der Waals surface area contributed by atoms with Crippen molar-refractivity contribution in [2.24, 2.45) is 0 Å². The number of nitrogens with zero attached hydrogens (tertiary/aromatic N) is 6. The van der Waals surface area contributed by atoms with Crippen LogP contribution < -0.4 is 5.32 Å². The molecule has 4 rings (SSSR count). The van der Waals surface area contributed by atoms with Gasteiger partial charge in [0.15, 0.2) is 5.69 Å². The number of aromatic nitrogens is 3. The Morgan fingerprint density at radius 1 is 1.31 bits per heavy atom. The Bertz CT molecular complexity index is 944. The van der Waals surface area contributed by atoms with Crippen molar-refractivity contribution in [3.8, 4) is 5.69 Å². The number of likely N-dealkylation sites (tertiary alicyclic amines) is 1. The summed E-state index contributed by atoms with van der Waals surface area (Å²) in [5.41, 5.74) is 0.558. The van der Waals surface area contributed by atoms with Crippen LogP contribution in [0.5, 0.6) is 0 Å². The van der Waals surface area contributed by atoms with E-state index in [9.17, 15) is 19.7 Å². The smallest absolute Gasteiger partial charge is 0.276 e. The zero-order valence-corrected chi connectivity index (χ0v) is 15.7. The normalized spacial score (nSPS) is 20.0. The van der Waals surface area contributed by atoms with E-state index in [-0.39, 0.29) is 29.2 Å². The number of amides is 2. The van der Waals surface area contributed by atoms with E-state index in [0.717, 1.165) is 19.4 Å². The first kappa shape index (κ1) is 19.0. The van der Waals surface area contributed by atoms with E-state index in [0.29, 0.717) is 31.9 Å². The van der Waals surface area contributed by atoms with Gasteiger partial charge in [-0.25, -0.2) is 4.68 Å². The van der Waals surface area contributed by atoms with Gasteiger partial charge in [0.1, 0.15) is 0 Å². The Kier molecular flexibility index (Phi) is 5.21. The number of non-ortho nitro benzene ring substituents is 1. The highest BCUT2D eigenvalue weighted by atomic mass is 16.6. The number of piperidine rings is 1. The summed E-state index contributed by atoms with van der Waals surface area (Å²) in [7, 11) is 0. The van der Waals surface area contributed by atoms with Crippen molar-refractivity contribution >= 4 is 17.5 Å². The largest absolute Gasteiger partial charge is 0.336 e. The number of carbonyl (C=O) groups excluding carboxylic acids is 2. The van der Waals surface area contributed by atoms with E-state index in [1.54, 1.807) is 17.0 Å². The molecular weight excluding hydrogens is 378 g/mol. The molecule has 1 unspecified atom stereocenters. The molecule has 29 heavy (non-hydrogen) atoms. The van der Waals surface area contributed by atoms with Gasteiger partial charge in [0.25, 0.3) is 11.6 Å². The van der Waals surface area contributed by atoms with E-state index in [1.807, 2.05) is 4.90 Å². The molecule has 1 atom stereocenters. The van der Waals surface area contributed by atoms with Crippen molar-refractivity contribution in [1.29, 1.82) is 0 Å². The zero-order valence-electron chi connectivity index (χ0n) is 15.7. The van der Waals surface area contributed by atoms with Gasteiger partial charge in [-0.3, -0.25) is 19.7 Å². The predicted octanol–water partition coefficient (Wildman–Crippen LogP) is 0.212. The Labute approximate surface area is 166 Å². The van der Waals surface area contributed by atoms with Crippen LogP contribution in [-0.4, -0.2) is 80.3 Å². The number of carbonyl (C=O) groups is 2. The second kappa shape index (κ2) is 7.95. The molecule has 1 aromatic carbocycles. The molecule has 1 N–H and O–H groups in total. The maximum atomic E-state index is 12.9. The van der Waals surface area contributed by atoms with Crippen molar-refractivity contribution in [1.82, 2.24) is 30.1 Å². The maximum Gasteiger partial charge on any atom is 0.276 e. The van der Waals surface area contributed by atoms with Crippen molar-refractivity contribution in [2.75, 3.05) is 32.7 Å². The van der Waals surface area contributed by atoms with Crippen LogP contribution in [0.3, 0.4) is 0 Å². The lowest BCUT2D eigenvalue weighted by atomic mass is 10.0. The van der Waals surface area contributed by atoms with Gasteiger partial charge >= 0.3 is 0 Å². The SMILES string of the molecule is O=C(c1cn(-c2cccc([N+](=O)[O-])c2)nn1)N1CCCC(N2CCNCC2=O)C1. The topological polar surface area (TPSA) is 126 Å². The van der Waals surface area contributed by atoms with E-state index in [1.165, 1.54) is 23.0 Å². The van der Waals surface area contributed by atoms with Gasteiger partial charge in [0, 0.05) is 44.4 Å². The van der Waals surface area contributed by atoms with Crippen LogP contribution in [0.4, 0.5) is 5.69 Å². The molecule has 11 heteroatoms. The van der Waals surface area contributed by atoms with Crippen LogP contribution in [-0.2, 0) is 4.79 Å². The summed E-state index contributed by atoms with van der Waals surface area (Å²) >= 11 is 0. The van der Waals surface area contributed by atoms with Gasteiger partial charge in [-0.2, -0.15) is 0 Å². The third-order valence-corrected chi connectivity index (χ3v) is 5.27. The molecule has 0 spiro atoms. The van der Waals surface area contributed by atoms with E-state index in [4.69, 9.17) is 0 Å². The highest BCUT2D eigenvalue weighted by Crippen LogP contribution is 2.20. The van der Waals surface area contributed by atoms with Crippen molar-refractivity contribution < 1.29 is 14.5 Å². The number of nitro benzene ring substituents is 1. The molecule has 152 valence electrons. The average molecular weight is 399 g/mol. The molecule has 0 bridgehead atoms. The van der Waals surface area contributed by atoms with E-state index >= 15 is 0 Å². The first-order chi connectivity index (χ1) is 14.0. The minimum absolute atomic E-state index is 0.00844. The van der Waals surface area contributed by atoms with Crippen LogP contribution in [0.15, 0.2) is 30.5 Å². The molecule has 2 fully saturated rings. The Morgan fingerprint density at radius 2 is 2.17 bits per heavy atom. The molecule has 2 aliphatic heterocycles. The fourth-order valence-electron chi connectivity index (χ4n) is 3.80. The molecule has 1 aromatic heterocycles. The first-order valence-corrected chi connectivity index (χ1v) is 9.49. The Balaban J connectivity index is 1.48. The third-order valence-electron chi connectivity index (χ3n) is 5.27. The summed E-state index contributed by atoms with van der Waals surface area (Å²) in [6, 6.07) is 5.97. The lowest BCUT2D eigenvalue weighted by molar-refractivity contribution is -0.384. The quantitative estimate of drug-likeness (QED) is 0.575.